The number of aryl methyl sites for hydroxylation is 1. The Hall–Kier alpha value is -3.44. The molecule has 0 bridgehead atoms. The Morgan fingerprint density at radius 2 is 1.94 bits per heavy atom. The zero-order valence-corrected chi connectivity index (χ0v) is 20.8. The highest BCUT2D eigenvalue weighted by Gasteiger charge is 2.47. The molecule has 2 amide bonds. The molecule has 1 unspecified atom stereocenters. The summed E-state index contributed by atoms with van der Waals surface area (Å²) in [5, 5.41) is 5.62. The number of aromatic amines is 1. The third-order valence-electron chi connectivity index (χ3n) is 6.07. The molecule has 0 radical (unpaired) electrons. The van der Waals surface area contributed by atoms with Crippen molar-refractivity contribution in [2.24, 2.45) is 0 Å². The lowest BCUT2D eigenvalue weighted by molar-refractivity contribution is -0.125. The van der Waals surface area contributed by atoms with Gasteiger partial charge >= 0.3 is 11.8 Å². The van der Waals surface area contributed by atoms with Gasteiger partial charge in [-0.25, -0.2) is 9.59 Å². The smallest absolute Gasteiger partial charge is 0.408 e. The van der Waals surface area contributed by atoms with Gasteiger partial charge < -0.3 is 24.8 Å². The normalized spacial score (nSPS) is 24.1. The van der Waals surface area contributed by atoms with Crippen LogP contribution in [-0.2, 0) is 25.4 Å². The number of alkyl carbamates (subject to hydrolysis) is 1. The summed E-state index contributed by atoms with van der Waals surface area (Å²) in [5.74, 6) is -0.400. The third kappa shape index (κ3) is 6.03. The quantitative estimate of drug-likeness (QED) is 0.540. The van der Waals surface area contributed by atoms with E-state index in [2.05, 4.69) is 15.6 Å². The predicted octanol–water partition coefficient (Wildman–Crippen LogP) is 1.15. The van der Waals surface area contributed by atoms with E-state index in [4.69, 9.17) is 14.2 Å². The molecule has 2 aliphatic heterocycles. The number of carbonyl (C=O) groups is 2. The van der Waals surface area contributed by atoms with Gasteiger partial charge in [0.15, 0.2) is 0 Å². The fourth-order valence-corrected chi connectivity index (χ4v) is 4.39. The molecule has 1 aromatic heterocycles. The number of nitrogens with one attached hydrogen (secondary N) is 3. The van der Waals surface area contributed by atoms with E-state index in [-0.39, 0.29) is 19.1 Å². The Bertz CT molecular complexity index is 1220. The Kier molecular flexibility index (Phi) is 7.32. The van der Waals surface area contributed by atoms with Crippen LogP contribution >= 0.6 is 0 Å². The van der Waals surface area contributed by atoms with Crippen molar-refractivity contribution in [3.8, 4) is 0 Å². The largest absolute Gasteiger partial charge is 0.444 e. The summed E-state index contributed by atoms with van der Waals surface area (Å²) < 4.78 is 18.6. The molecule has 0 spiro atoms. The average Bonchev–Trinajstić information content (AvgIpc) is 3.37. The number of nitrogens with zero attached hydrogens (tertiary/aromatic N) is 1. The lowest BCUT2D eigenvalue weighted by Gasteiger charge is -2.26. The van der Waals surface area contributed by atoms with Crippen molar-refractivity contribution in [1.82, 2.24) is 20.2 Å². The summed E-state index contributed by atoms with van der Waals surface area (Å²) in [4.78, 5) is 52.0. The van der Waals surface area contributed by atoms with Gasteiger partial charge in [-0.05, 0) is 33.3 Å². The second-order valence-electron chi connectivity index (χ2n) is 10.1. The fraction of sp³-hybridized carbons (Fsp3) is 0.520. The number of hydrogen-bond acceptors (Lipinski definition) is 7. The van der Waals surface area contributed by atoms with E-state index in [0.717, 1.165) is 5.56 Å². The highest BCUT2D eigenvalue weighted by molar-refractivity contribution is 5.86. The third-order valence-corrected chi connectivity index (χ3v) is 6.07. The van der Waals surface area contributed by atoms with Crippen LogP contribution in [0.15, 0.2) is 46.1 Å². The molecule has 2 aliphatic rings. The fourth-order valence-electron chi connectivity index (χ4n) is 4.39. The Morgan fingerprint density at radius 1 is 1.22 bits per heavy atom. The number of amides is 2. The van der Waals surface area contributed by atoms with Crippen molar-refractivity contribution < 1.29 is 23.8 Å². The van der Waals surface area contributed by atoms with Gasteiger partial charge in [-0.2, -0.15) is 0 Å². The molecule has 11 heteroatoms. The molecular weight excluding hydrogens is 468 g/mol. The first-order valence-electron chi connectivity index (χ1n) is 11.9. The lowest BCUT2D eigenvalue weighted by atomic mass is 10.0. The molecule has 4 rings (SSSR count). The average molecular weight is 501 g/mol. The predicted molar refractivity (Wildman–Crippen MR) is 130 cm³/mol. The van der Waals surface area contributed by atoms with E-state index in [1.165, 1.54) is 10.8 Å². The van der Waals surface area contributed by atoms with Crippen LogP contribution < -0.4 is 21.9 Å². The summed E-state index contributed by atoms with van der Waals surface area (Å²) in [6.07, 6.45) is -0.0225. The van der Waals surface area contributed by atoms with Crippen molar-refractivity contribution >= 4 is 12.0 Å². The van der Waals surface area contributed by atoms with Crippen LogP contribution in [0.4, 0.5) is 4.79 Å². The summed E-state index contributed by atoms with van der Waals surface area (Å²) >= 11 is 0. The van der Waals surface area contributed by atoms with E-state index in [1.54, 1.807) is 27.7 Å². The molecule has 2 aromatic rings. The molecule has 0 saturated carbocycles. The summed E-state index contributed by atoms with van der Waals surface area (Å²) in [5.41, 5.74) is -0.467. The molecule has 0 aliphatic carbocycles. The van der Waals surface area contributed by atoms with E-state index in [1.807, 2.05) is 30.3 Å². The van der Waals surface area contributed by atoms with E-state index < -0.39 is 53.3 Å². The highest BCUT2D eigenvalue weighted by Crippen LogP contribution is 2.35. The number of ether oxygens (including phenoxy) is 3. The molecule has 2 saturated heterocycles. The zero-order chi connectivity index (χ0) is 26.0. The minimum Gasteiger partial charge on any atom is -0.444 e. The highest BCUT2D eigenvalue weighted by atomic mass is 16.6. The minimum absolute atomic E-state index is 0.234. The number of H-pyrrole nitrogens is 1. The van der Waals surface area contributed by atoms with Crippen molar-refractivity contribution in [2.45, 2.75) is 76.7 Å². The van der Waals surface area contributed by atoms with Crippen LogP contribution in [0.25, 0.3) is 0 Å². The van der Waals surface area contributed by atoms with Gasteiger partial charge in [0.1, 0.15) is 24.0 Å². The number of fused-ring (bicyclic) bond motifs is 1. The monoisotopic (exact) mass is 500 g/mol. The van der Waals surface area contributed by atoms with Gasteiger partial charge in [0, 0.05) is 24.6 Å². The molecule has 194 valence electrons. The van der Waals surface area contributed by atoms with Crippen molar-refractivity contribution in [1.29, 1.82) is 0 Å². The number of rotatable bonds is 6. The maximum absolute atomic E-state index is 13.3. The molecule has 3 N–H and O–H groups in total. The van der Waals surface area contributed by atoms with Gasteiger partial charge in [0.05, 0.1) is 18.8 Å². The van der Waals surface area contributed by atoms with E-state index in [9.17, 15) is 19.2 Å². The first-order chi connectivity index (χ1) is 17.0. The molecule has 36 heavy (non-hydrogen) atoms. The number of aromatic nitrogens is 2. The van der Waals surface area contributed by atoms with Gasteiger partial charge in [-0.3, -0.25) is 19.1 Å². The van der Waals surface area contributed by atoms with E-state index >= 15 is 0 Å². The summed E-state index contributed by atoms with van der Waals surface area (Å²) in [6, 6.07) is 7.98. The molecular formula is C25H32N4O7. The van der Waals surface area contributed by atoms with Gasteiger partial charge in [0.2, 0.25) is 5.91 Å². The van der Waals surface area contributed by atoms with Crippen LogP contribution in [-0.4, -0.2) is 58.1 Å². The van der Waals surface area contributed by atoms with Crippen molar-refractivity contribution in [2.75, 3.05) is 6.61 Å². The number of benzene rings is 1. The maximum atomic E-state index is 13.3. The van der Waals surface area contributed by atoms with Crippen LogP contribution in [0.2, 0.25) is 0 Å². The van der Waals surface area contributed by atoms with E-state index in [0.29, 0.717) is 12.0 Å². The van der Waals surface area contributed by atoms with Crippen LogP contribution in [0, 0.1) is 6.92 Å². The molecule has 2 fully saturated rings. The Labute approximate surface area is 208 Å². The first-order valence-corrected chi connectivity index (χ1v) is 11.9. The van der Waals surface area contributed by atoms with Crippen LogP contribution in [0.5, 0.6) is 0 Å². The Balaban J connectivity index is 1.45. The molecule has 11 nitrogen and oxygen atoms in total. The second kappa shape index (κ2) is 10.3. The van der Waals surface area contributed by atoms with Crippen molar-refractivity contribution in [3.05, 3.63) is 68.5 Å². The standard InChI is InChI=1S/C25H32N4O7/c1-14-12-29(23(32)28-21(14)30)19-11-18-20(35-19)17(13-34-18)26-22(31)16(10-15-8-6-5-7-9-15)27-24(33)36-25(2,3)4/h5-9,12,16-20H,10-11,13H2,1-4H3,(H,26,31)(H,27,33)(H,28,30,32)/t16-,17-,18-,19?,20-/m0/s1. The van der Waals surface area contributed by atoms with Gasteiger partial charge in [-0.15, -0.1) is 0 Å². The Morgan fingerprint density at radius 3 is 2.64 bits per heavy atom. The molecule has 5 atom stereocenters. The van der Waals surface area contributed by atoms with Crippen molar-refractivity contribution in [3.63, 3.8) is 0 Å². The maximum Gasteiger partial charge on any atom is 0.408 e. The second-order valence-corrected chi connectivity index (χ2v) is 10.1. The minimum atomic E-state index is -0.886. The lowest BCUT2D eigenvalue weighted by Crippen LogP contribution is -2.54. The first kappa shape index (κ1) is 25.6. The van der Waals surface area contributed by atoms with Gasteiger partial charge in [0.25, 0.3) is 5.56 Å². The topological polar surface area (TPSA) is 141 Å². The number of carbonyl (C=O) groups excluding carboxylic acids is 2. The van der Waals surface area contributed by atoms with Crippen LogP contribution in [0.3, 0.4) is 0 Å². The summed E-state index contributed by atoms with van der Waals surface area (Å²) in [7, 11) is 0. The number of hydrogen-bond donors (Lipinski definition) is 3. The zero-order valence-electron chi connectivity index (χ0n) is 20.8. The summed E-state index contributed by atoms with van der Waals surface area (Å²) in [6.45, 7) is 7.08. The van der Waals surface area contributed by atoms with Gasteiger partial charge in [-0.1, -0.05) is 30.3 Å². The SMILES string of the molecule is Cc1cn(C2C[C@@H]3OC[C@H](NC(=O)[C@H](Cc4ccccc4)NC(=O)OC(C)(C)C)[C@@H]3O2)c(=O)[nH]c1=O. The molecule has 3 heterocycles. The van der Waals surface area contributed by atoms with Crippen LogP contribution in [0.1, 0.15) is 44.5 Å². The molecule has 1 aromatic carbocycles.